The predicted molar refractivity (Wildman–Crippen MR) is 61.0 cm³/mol. The standard InChI is InChI=1S/C12H19NO2/c1-2-7-13-10-11-5-3-4-6-12(11)15-9-8-14/h3-6,13-14H,2,7-10H2,1H3. The van der Waals surface area contributed by atoms with Crippen LogP contribution in [0, 0.1) is 0 Å². The first-order valence-electron chi connectivity index (χ1n) is 5.40. The second-order valence-electron chi connectivity index (χ2n) is 3.36. The number of hydrogen-bond acceptors (Lipinski definition) is 3. The molecule has 0 unspecified atom stereocenters. The fourth-order valence-corrected chi connectivity index (χ4v) is 1.35. The third kappa shape index (κ3) is 4.32. The van der Waals surface area contributed by atoms with Crippen molar-refractivity contribution in [1.82, 2.24) is 5.32 Å². The molecule has 1 aromatic carbocycles. The van der Waals surface area contributed by atoms with Crippen molar-refractivity contribution >= 4 is 0 Å². The number of nitrogens with one attached hydrogen (secondary N) is 1. The van der Waals surface area contributed by atoms with Crippen LogP contribution < -0.4 is 10.1 Å². The lowest BCUT2D eigenvalue weighted by molar-refractivity contribution is 0.200. The summed E-state index contributed by atoms with van der Waals surface area (Å²) in [6.45, 7) is 4.37. The van der Waals surface area contributed by atoms with Crippen LogP contribution in [0.15, 0.2) is 24.3 Å². The normalized spacial score (nSPS) is 10.3. The van der Waals surface area contributed by atoms with Crippen LogP contribution in [0.1, 0.15) is 18.9 Å². The average molecular weight is 209 g/mol. The van der Waals surface area contributed by atoms with Gasteiger partial charge in [0.05, 0.1) is 6.61 Å². The van der Waals surface area contributed by atoms with Gasteiger partial charge in [-0.2, -0.15) is 0 Å². The molecule has 1 rings (SSSR count). The SMILES string of the molecule is CCCNCc1ccccc1OCCO. The van der Waals surface area contributed by atoms with Gasteiger partial charge in [-0.1, -0.05) is 25.1 Å². The third-order valence-electron chi connectivity index (χ3n) is 2.06. The highest BCUT2D eigenvalue weighted by molar-refractivity contribution is 5.33. The van der Waals surface area contributed by atoms with Crippen molar-refractivity contribution in [2.45, 2.75) is 19.9 Å². The summed E-state index contributed by atoms with van der Waals surface area (Å²) in [6, 6.07) is 7.90. The van der Waals surface area contributed by atoms with Crippen molar-refractivity contribution < 1.29 is 9.84 Å². The molecular weight excluding hydrogens is 190 g/mol. The van der Waals surface area contributed by atoms with Crippen LogP contribution in [-0.4, -0.2) is 24.9 Å². The maximum atomic E-state index is 8.69. The molecule has 0 aliphatic carbocycles. The molecule has 2 N–H and O–H groups in total. The van der Waals surface area contributed by atoms with Crippen LogP contribution in [0.5, 0.6) is 5.75 Å². The number of rotatable bonds is 7. The predicted octanol–water partition coefficient (Wildman–Crippen LogP) is 1.56. The highest BCUT2D eigenvalue weighted by atomic mass is 16.5. The van der Waals surface area contributed by atoms with Crippen LogP contribution >= 0.6 is 0 Å². The minimum atomic E-state index is 0.0523. The molecule has 0 atom stereocenters. The molecule has 0 heterocycles. The van der Waals surface area contributed by atoms with E-state index in [-0.39, 0.29) is 6.61 Å². The zero-order valence-corrected chi connectivity index (χ0v) is 9.20. The second kappa shape index (κ2) is 7.26. The Kier molecular flexibility index (Phi) is 5.81. The molecule has 84 valence electrons. The van der Waals surface area contributed by atoms with Crippen LogP contribution in [0.3, 0.4) is 0 Å². The summed E-state index contributed by atoms with van der Waals surface area (Å²) in [5.41, 5.74) is 1.14. The van der Waals surface area contributed by atoms with Crippen LogP contribution in [0.2, 0.25) is 0 Å². The first-order chi connectivity index (χ1) is 7.38. The Hall–Kier alpha value is -1.06. The fraction of sp³-hybridized carbons (Fsp3) is 0.500. The molecule has 0 fully saturated rings. The van der Waals surface area contributed by atoms with E-state index in [4.69, 9.17) is 9.84 Å². The molecule has 0 aliphatic rings. The van der Waals surface area contributed by atoms with Gasteiger partial charge < -0.3 is 15.2 Å². The molecule has 1 aromatic rings. The van der Waals surface area contributed by atoms with Crippen molar-refractivity contribution in [3.63, 3.8) is 0 Å². The molecule has 3 heteroatoms. The van der Waals surface area contributed by atoms with Gasteiger partial charge in [-0.15, -0.1) is 0 Å². The molecule has 0 aromatic heterocycles. The second-order valence-corrected chi connectivity index (χ2v) is 3.36. The van der Waals surface area contributed by atoms with E-state index in [2.05, 4.69) is 12.2 Å². The highest BCUT2D eigenvalue weighted by Crippen LogP contribution is 2.17. The van der Waals surface area contributed by atoms with Gasteiger partial charge in [0.25, 0.3) is 0 Å². The first kappa shape index (κ1) is 12.0. The van der Waals surface area contributed by atoms with E-state index in [9.17, 15) is 0 Å². The third-order valence-corrected chi connectivity index (χ3v) is 2.06. The van der Waals surface area contributed by atoms with Crippen LogP contribution in [0.4, 0.5) is 0 Å². The smallest absolute Gasteiger partial charge is 0.123 e. The number of aliphatic hydroxyl groups is 1. The van der Waals surface area contributed by atoms with Gasteiger partial charge in [-0.3, -0.25) is 0 Å². The highest BCUT2D eigenvalue weighted by Gasteiger charge is 2.01. The van der Waals surface area contributed by atoms with E-state index >= 15 is 0 Å². The lowest BCUT2D eigenvalue weighted by Gasteiger charge is -2.10. The molecule has 0 saturated carbocycles. The largest absolute Gasteiger partial charge is 0.491 e. The zero-order valence-electron chi connectivity index (χ0n) is 9.20. The summed E-state index contributed by atoms with van der Waals surface area (Å²) < 4.78 is 5.43. The lowest BCUT2D eigenvalue weighted by Crippen LogP contribution is -2.15. The minimum Gasteiger partial charge on any atom is -0.491 e. The summed E-state index contributed by atoms with van der Waals surface area (Å²) in [5.74, 6) is 0.857. The topological polar surface area (TPSA) is 41.5 Å². The Bertz CT molecular complexity index is 276. The van der Waals surface area contributed by atoms with E-state index in [0.717, 1.165) is 30.8 Å². The van der Waals surface area contributed by atoms with Crippen molar-refractivity contribution in [2.24, 2.45) is 0 Å². The summed E-state index contributed by atoms with van der Waals surface area (Å²) in [4.78, 5) is 0. The summed E-state index contributed by atoms with van der Waals surface area (Å²) in [6.07, 6.45) is 1.12. The van der Waals surface area contributed by atoms with Crippen molar-refractivity contribution in [1.29, 1.82) is 0 Å². The van der Waals surface area contributed by atoms with Gasteiger partial charge in [0, 0.05) is 12.1 Å². The lowest BCUT2D eigenvalue weighted by atomic mass is 10.2. The van der Waals surface area contributed by atoms with Crippen molar-refractivity contribution in [3.8, 4) is 5.75 Å². The van der Waals surface area contributed by atoms with Crippen LogP contribution in [-0.2, 0) is 6.54 Å². The first-order valence-corrected chi connectivity index (χ1v) is 5.40. The molecule has 0 radical (unpaired) electrons. The van der Waals surface area contributed by atoms with E-state index in [1.165, 1.54) is 0 Å². The number of ether oxygens (including phenoxy) is 1. The Labute approximate surface area is 91.1 Å². The molecule has 0 saturated heterocycles. The summed E-state index contributed by atoms with van der Waals surface area (Å²) in [5, 5.41) is 12.0. The monoisotopic (exact) mass is 209 g/mol. The summed E-state index contributed by atoms with van der Waals surface area (Å²) in [7, 11) is 0. The maximum Gasteiger partial charge on any atom is 0.123 e. The van der Waals surface area contributed by atoms with Gasteiger partial charge in [-0.05, 0) is 19.0 Å². The van der Waals surface area contributed by atoms with Gasteiger partial charge >= 0.3 is 0 Å². The molecule has 3 nitrogen and oxygen atoms in total. The Morgan fingerprint density at radius 1 is 1.33 bits per heavy atom. The quantitative estimate of drug-likeness (QED) is 0.670. The van der Waals surface area contributed by atoms with Crippen LogP contribution in [0.25, 0.3) is 0 Å². The number of aliphatic hydroxyl groups excluding tert-OH is 1. The van der Waals surface area contributed by atoms with Crippen molar-refractivity contribution in [3.05, 3.63) is 29.8 Å². The molecular formula is C12H19NO2. The van der Waals surface area contributed by atoms with Gasteiger partial charge in [0.2, 0.25) is 0 Å². The summed E-state index contributed by atoms with van der Waals surface area (Å²) >= 11 is 0. The van der Waals surface area contributed by atoms with Gasteiger partial charge in [-0.25, -0.2) is 0 Å². The van der Waals surface area contributed by atoms with Crippen molar-refractivity contribution in [2.75, 3.05) is 19.8 Å². The molecule has 0 aliphatic heterocycles. The van der Waals surface area contributed by atoms with E-state index < -0.39 is 0 Å². The molecule has 0 amide bonds. The van der Waals surface area contributed by atoms with E-state index in [1.54, 1.807) is 0 Å². The molecule has 0 bridgehead atoms. The van der Waals surface area contributed by atoms with Gasteiger partial charge in [0.1, 0.15) is 12.4 Å². The zero-order chi connectivity index (χ0) is 10.9. The average Bonchev–Trinajstić information content (AvgIpc) is 2.28. The van der Waals surface area contributed by atoms with E-state index in [1.807, 2.05) is 24.3 Å². The Morgan fingerprint density at radius 3 is 2.87 bits per heavy atom. The Morgan fingerprint density at radius 2 is 2.13 bits per heavy atom. The minimum absolute atomic E-state index is 0.0523. The Balaban J connectivity index is 2.52. The fourth-order valence-electron chi connectivity index (χ4n) is 1.35. The number of para-hydroxylation sites is 1. The molecule has 15 heavy (non-hydrogen) atoms. The molecule has 0 spiro atoms. The number of hydrogen-bond donors (Lipinski definition) is 2. The van der Waals surface area contributed by atoms with Gasteiger partial charge in [0.15, 0.2) is 0 Å². The number of benzene rings is 1. The van der Waals surface area contributed by atoms with E-state index in [0.29, 0.717) is 6.61 Å². The maximum absolute atomic E-state index is 8.69.